The van der Waals surface area contributed by atoms with E-state index in [0.717, 1.165) is 11.5 Å². The van der Waals surface area contributed by atoms with Crippen LogP contribution in [-0.4, -0.2) is 45.2 Å². The number of carboxylic acid groups (broad SMARTS) is 2. The number of hydrogen-bond donors (Lipinski definition) is 2. The van der Waals surface area contributed by atoms with Crippen molar-refractivity contribution >= 4 is 35.5 Å². The average Bonchev–Trinajstić information content (AvgIpc) is 2.24. The molecule has 0 aromatic rings. The summed E-state index contributed by atoms with van der Waals surface area (Å²) in [7, 11) is 0. The Kier molecular flexibility index (Phi) is 6.05. The van der Waals surface area contributed by atoms with E-state index in [-0.39, 0.29) is 11.8 Å². The van der Waals surface area contributed by atoms with Crippen molar-refractivity contribution in [3.8, 4) is 0 Å². The quantitative estimate of drug-likeness (QED) is 0.790. The molecule has 1 heterocycles. The van der Waals surface area contributed by atoms with Gasteiger partial charge in [0.1, 0.15) is 0 Å². The molecule has 0 aromatic carbocycles. The lowest BCUT2D eigenvalue weighted by atomic mass is 10.1. The van der Waals surface area contributed by atoms with Gasteiger partial charge in [-0.3, -0.25) is 9.59 Å². The third-order valence-corrected chi connectivity index (χ3v) is 4.88. The van der Waals surface area contributed by atoms with Gasteiger partial charge < -0.3 is 10.2 Å². The predicted molar refractivity (Wildman–Crippen MR) is 66.1 cm³/mol. The lowest BCUT2D eigenvalue weighted by molar-refractivity contribution is -0.141. The molecule has 1 saturated heterocycles. The van der Waals surface area contributed by atoms with E-state index < -0.39 is 11.9 Å². The molecule has 2 atom stereocenters. The second-order valence-electron chi connectivity index (χ2n) is 3.80. The molecule has 1 fully saturated rings. The molecule has 1 aliphatic heterocycles. The van der Waals surface area contributed by atoms with Gasteiger partial charge in [-0.15, -0.1) is 0 Å². The van der Waals surface area contributed by atoms with E-state index in [9.17, 15) is 9.59 Å². The van der Waals surface area contributed by atoms with Crippen LogP contribution >= 0.6 is 23.5 Å². The third kappa shape index (κ3) is 4.65. The van der Waals surface area contributed by atoms with Crippen LogP contribution in [0.25, 0.3) is 0 Å². The molecule has 0 radical (unpaired) electrons. The zero-order valence-electron chi connectivity index (χ0n) is 8.92. The van der Waals surface area contributed by atoms with Crippen LogP contribution in [0.3, 0.4) is 0 Å². The maximum absolute atomic E-state index is 10.9. The van der Waals surface area contributed by atoms with Crippen LogP contribution in [0.5, 0.6) is 0 Å². The van der Waals surface area contributed by atoms with Crippen molar-refractivity contribution in [2.24, 2.45) is 11.8 Å². The molecule has 0 aromatic heterocycles. The van der Waals surface area contributed by atoms with Gasteiger partial charge in [-0.25, -0.2) is 0 Å². The largest absolute Gasteiger partial charge is 0.481 e. The summed E-state index contributed by atoms with van der Waals surface area (Å²) in [5, 5.41) is 17.9. The molecule has 92 valence electrons. The van der Waals surface area contributed by atoms with Gasteiger partial charge in [-0.1, -0.05) is 0 Å². The fourth-order valence-electron chi connectivity index (χ4n) is 1.46. The highest BCUT2D eigenvalue weighted by molar-refractivity contribution is 7.99. The maximum Gasteiger partial charge on any atom is 0.307 e. The minimum Gasteiger partial charge on any atom is -0.481 e. The minimum atomic E-state index is -0.763. The number of rotatable bonds is 2. The monoisotopic (exact) mass is 264 g/mol. The molecular weight excluding hydrogens is 248 g/mol. The molecule has 0 amide bonds. The fourth-order valence-corrected chi connectivity index (χ4v) is 3.89. The van der Waals surface area contributed by atoms with Gasteiger partial charge in [0, 0.05) is 11.5 Å². The summed E-state index contributed by atoms with van der Waals surface area (Å²) in [4.78, 5) is 21.8. The first kappa shape index (κ1) is 13.7. The van der Waals surface area contributed by atoms with Crippen molar-refractivity contribution in [1.82, 2.24) is 0 Å². The van der Waals surface area contributed by atoms with Gasteiger partial charge in [-0.2, -0.15) is 23.5 Å². The zero-order valence-corrected chi connectivity index (χ0v) is 10.6. The standard InChI is InChI=1S/C10H16O4S2/c11-9(12)7-1-3-15-4-2-8(10(13)14)6-16-5-7/h7-8H,1-6H2,(H,11,12)(H,13,14). The van der Waals surface area contributed by atoms with Crippen molar-refractivity contribution in [3.63, 3.8) is 0 Å². The van der Waals surface area contributed by atoms with E-state index in [1.807, 2.05) is 0 Å². The summed E-state index contributed by atoms with van der Waals surface area (Å²) in [5.41, 5.74) is 0. The van der Waals surface area contributed by atoms with Crippen LogP contribution in [0.2, 0.25) is 0 Å². The van der Waals surface area contributed by atoms with Crippen LogP contribution < -0.4 is 0 Å². The molecule has 1 aliphatic rings. The number of carboxylic acids is 2. The van der Waals surface area contributed by atoms with Crippen molar-refractivity contribution in [2.75, 3.05) is 23.0 Å². The highest BCUT2D eigenvalue weighted by Crippen LogP contribution is 2.23. The topological polar surface area (TPSA) is 74.6 Å². The van der Waals surface area contributed by atoms with Gasteiger partial charge >= 0.3 is 11.9 Å². The summed E-state index contributed by atoms with van der Waals surface area (Å²) < 4.78 is 0. The summed E-state index contributed by atoms with van der Waals surface area (Å²) in [6.07, 6.45) is 1.37. The molecule has 6 heteroatoms. The molecule has 0 spiro atoms. The highest BCUT2D eigenvalue weighted by atomic mass is 32.2. The van der Waals surface area contributed by atoms with Crippen molar-refractivity contribution in [1.29, 1.82) is 0 Å². The van der Waals surface area contributed by atoms with Gasteiger partial charge in [0.05, 0.1) is 11.8 Å². The SMILES string of the molecule is O=C(O)C1CCSCCC(C(=O)O)CSC1. The Bertz CT molecular complexity index is 233. The first-order valence-corrected chi connectivity index (χ1v) is 7.53. The Balaban J connectivity index is 2.48. The van der Waals surface area contributed by atoms with Crippen molar-refractivity contribution in [3.05, 3.63) is 0 Å². The number of aliphatic carboxylic acids is 2. The molecule has 1 rings (SSSR count). The van der Waals surface area contributed by atoms with E-state index >= 15 is 0 Å². The van der Waals surface area contributed by atoms with Crippen molar-refractivity contribution in [2.45, 2.75) is 12.8 Å². The second kappa shape index (κ2) is 7.06. The lowest BCUT2D eigenvalue weighted by Crippen LogP contribution is -2.22. The fraction of sp³-hybridized carbons (Fsp3) is 0.800. The maximum atomic E-state index is 10.9. The molecule has 2 unspecified atom stereocenters. The molecular formula is C10H16O4S2. The summed E-state index contributed by atoms with van der Waals surface area (Å²) in [5.74, 6) is 0.490. The number of thioether (sulfide) groups is 2. The smallest absolute Gasteiger partial charge is 0.307 e. The highest BCUT2D eigenvalue weighted by Gasteiger charge is 2.22. The summed E-state index contributed by atoms with van der Waals surface area (Å²) >= 11 is 3.11. The molecule has 16 heavy (non-hydrogen) atoms. The van der Waals surface area contributed by atoms with Crippen LogP contribution in [0, 0.1) is 11.8 Å². The summed E-state index contributed by atoms with van der Waals surface area (Å²) in [6.45, 7) is 0. The zero-order chi connectivity index (χ0) is 12.0. The Labute approximate surface area is 103 Å². The van der Waals surface area contributed by atoms with Gasteiger partial charge in [0.25, 0.3) is 0 Å². The normalized spacial score (nSPS) is 28.2. The Morgan fingerprint density at radius 3 is 1.69 bits per heavy atom. The number of carbonyl (C=O) groups is 2. The van der Waals surface area contributed by atoms with Gasteiger partial charge in [-0.05, 0) is 24.3 Å². The van der Waals surface area contributed by atoms with Crippen LogP contribution in [-0.2, 0) is 9.59 Å². The first-order chi connectivity index (χ1) is 7.61. The van der Waals surface area contributed by atoms with Crippen LogP contribution in [0.1, 0.15) is 12.8 Å². The van der Waals surface area contributed by atoms with Crippen molar-refractivity contribution < 1.29 is 19.8 Å². The Hall–Kier alpha value is -0.360. The average molecular weight is 264 g/mol. The summed E-state index contributed by atoms with van der Waals surface area (Å²) in [6, 6.07) is 0. The minimum absolute atomic E-state index is 0.329. The van der Waals surface area contributed by atoms with E-state index in [0.29, 0.717) is 24.3 Å². The van der Waals surface area contributed by atoms with E-state index in [2.05, 4.69) is 0 Å². The molecule has 0 aliphatic carbocycles. The third-order valence-electron chi connectivity index (χ3n) is 2.56. The van der Waals surface area contributed by atoms with Gasteiger partial charge in [0.15, 0.2) is 0 Å². The van der Waals surface area contributed by atoms with Crippen LogP contribution in [0.15, 0.2) is 0 Å². The second-order valence-corrected chi connectivity index (χ2v) is 6.10. The molecule has 0 bridgehead atoms. The molecule has 2 N–H and O–H groups in total. The van der Waals surface area contributed by atoms with E-state index in [4.69, 9.17) is 10.2 Å². The predicted octanol–water partition coefficient (Wildman–Crippen LogP) is 1.65. The molecule has 0 saturated carbocycles. The van der Waals surface area contributed by atoms with Gasteiger partial charge in [0.2, 0.25) is 0 Å². The lowest BCUT2D eigenvalue weighted by Gasteiger charge is -2.17. The van der Waals surface area contributed by atoms with E-state index in [1.165, 1.54) is 11.8 Å². The molecule has 4 nitrogen and oxygen atoms in total. The van der Waals surface area contributed by atoms with Crippen LogP contribution in [0.4, 0.5) is 0 Å². The first-order valence-electron chi connectivity index (χ1n) is 5.22. The Morgan fingerprint density at radius 1 is 0.875 bits per heavy atom. The number of hydrogen-bond acceptors (Lipinski definition) is 4. The Morgan fingerprint density at radius 2 is 1.31 bits per heavy atom. The van der Waals surface area contributed by atoms with E-state index in [1.54, 1.807) is 11.8 Å².